The highest BCUT2D eigenvalue weighted by Gasteiger charge is 2.16. The van der Waals surface area contributed by atoms with E-state index >= 15 is 0 Å². The molecule has 0 radical (unpaired) electrons. The highest BCUT2D eigenvalue weighted by Crippen LogP contribution is 2.24. The van der Waals surface area contributed by atoms with Crippen molar-refractivity contribution in [2.75, 3.05) is 6.61 Å². The van der Waals surface area contributed by atoms with Crippen LogP contribution in [0.15, 0.2) is 65.5 Å². The highest BCUT2D eigenvalue weighted by atomic mass is 16.7. The van der Waals surface area contributed by atoms with Gasteiger partial charge in [0.05, 0.1) is 23.4 Å². The fourth-order valence-corrected chi connectivity index (χ4v) is 4.07. The van der Waals surface area contributed by atoms with E-state index in [2.05, 4.69) is 20.8 Å². The van der Waals surface area contributed by atoms with Crippen LogP contribution in [0.2, 0.25) is 0 Å². The average molecular weight is 499 g/mol. The van der Waals surface area contributed by atoms with Gasteiger partial charge in [-0.15, -0.1) is 5.10 Å². The molecular formula is C27H26N6O4. The minimum absolute atomic E-state index is 0.0314. The van der Waals surface area contributed by atoms with Crippen LogP contribution in [-0.2, 0) is 11.4 Å². The van der Waals surface area contributed by atoms with Gasteiger partial charge in [0.2, 0.25) is 5.56 Å². The van der Waals surface area contributed by atoms with Crippen molar-refractivity contribution in [2.24, 2.45) is 0 Å². The van der Waals surface area contributed by atoms with Gasteiger partial charge in [0, 0.05) is 17.2 Å². The molecule has 0 aliphatic rings. The average Bonchev–Trinajstić information content (AvgIpc) is 3.25. The third-order valence-corrected chi connectivity index (χ3v) is 5.88. The number of rotatable bonds is 7. The Balaban J connectivity index is 1.42. The van der Waals surface area contributed by atoms with E-state index in [0.29, 0.717) is 29.0 Å². The number of nitrogens with zero attached hydrogens (tertiary/aromatic N) is 4. The largest absolute Gasteiger partial charge is 0.388 e. The first-order chi connectivity index (χ1) is 17.7. The molecule has 2 aromatic carbocycles. The number of fused-ring (bicyclic) bond motifs is 2. The van der Waals surface area contributed by atoms with Gasteiger partial charge in [0.15, 0.2) is 5.65 Å². The van der Waals surface area contributed by atoms with Gasteiger partial charge in [-0.05, 0) is 67.6 Å². The zero-order valence-electron chi connectivity index (χ0n) is 20.6. The van der Waals surface area contributed by atoms with E-state index in [0.717, 1.165) is 27.6 Å². The Labute approximate surface area is 211 Å². The second-order valence-electron chi connectivity index (χ2n) is 9.55. The maximum Gasteiger partial charge on any atom is 0.275 e. The summed E-state index contributed by atoms with van der Waals surface area (Å²) < 4.78 is 1.70. The van der Waals surface area contributed by atoms with Gasteiger partial charge >= 0.3 is 0 Å². The van der Waals surface area contributed by atoms with E-state index < -0.39 is 11.5 Å². The summed E-state index contributed by atoms with van der Waals surface area (Å²) >= 11 is 0. The van der Waals surface area contributed by atoms with Gasteiger partial charge in [0.25, 0.3) is 5.91 Å². The van der Waals surface area contributed by atoms with Crippen molar-refractivity contribution < 1.29 is 14.7 Å². The van der Waals surface area contributed by atoms with Crippen LogP contribution in [0.1, 0.15) is 35.3 Å². The summed E-state index contributed by atoms with van der Waals surface area (Å²) in [6.07, 6.45) is 0. The number of H-pyrrole nitrogens is 1. The fraction of sp³-hybridized carbons (Fsp3) is 0.222. The van der Waals surface area contributed by atoms with Crippen LogP contribution >= 0.6 is 0 Å². The van der Waals surface area contributed by atoms with E-state index in [1.54, 1.807) is 30.7 Å². The van der Waals surface area contributed by atoms with E-state index in [1.807, 2.05) is 49.4 Å². The number of aromatic amines is 1. The molecule has 0 aliphatic heterocycles. The third kappa shape index (κ3) is 5.25. The van der Waals surface area contributed by atoms with Crippen LogP contribution in [0, 0.1) is 6.92 Å². The lowest BCUT2D eigenvalue weighted by atomic mass is 10.0. The first-order valence-corrected chi connectivity index (χ1v) is 11.7. The summed E-state index contributed by atoms with van der Waals surface area (Å²) in [6.45, 7) is 5.37. The van der Waals surface area contributed by atoms with Gasteiger partial charge in [-0.1, -0.05) is 29.5 Å². The molecule has 0 unspecified atom stereocenters. The minimum Gasteiger partial charge on any atom is -0.388 e. The summed E-state index contributed by atoms with van der Waals surface area (Å²) in [5, 5.41) is 19.2. The Morgan fingerprint density at radius 1 is 1.14 bits per heavy atom. The third-order valence-electron chi connectivity index (χ3n) is 5.88. The zero-order valence-corrected chi connectivity index (χ0v) is 20.6. The molecule has 10 heteroatoms. The second kappa shape index (κ2) is 9.57. The molecule has 3 N–H and O–H groups in total. The fourth-order valence-electron chi connectivity index (χ4n) is 4.07. The maximum absolute atomic E-state index is 12.5. The number of carbonyl (C=O) groups excluding carboxylic acids is 1. The van der Waals surface area contributed by atoms with Crippen molar-refractivity contribution in [3.8, 4) is 11.3 Å². The molecule has 0 saturated heterocycles. The van der Waals surface area contributed by atoms with Crippen molar-refractivity contribution in [3.05, 3.63) is 87.7 Å². The smallest absolute Gasteiger partial charge is 0.275 e. The molecule has 37 heavy (non-hydrogen) atoms. The predicted octanol–water partition coefficient (Wildman–Crippen LogP) is 3.12. The quantitative estimate of drug-likeness (QED) is 0.293. The van der Waals surface area contributed by atoms with Crippen molar-refractivity contribution >= 4 is 28.0 Å². The second-order valence-corrected chi connectivity index (χ2v) is 9.55. The lowest BCUT2D eigenvalue weighted by Gasteiger charge is -2.17. The number of para-hydroxylation sites is 1. The van der Waals surface area contributed by atoms with E-state index in [9.17, 15) is 14.7 Å². The Bertz CT molecular complexity index is 1680. The van der Waals surface area contributed by atoms with Crippen LogP contribution < -0.4 is 11.0 Å². The molecule has 0 atom stereocenters. The first kappa shape index (κ1) is 24.3. The summed E-state index contributed by atoms with van der Waals surface area (Å²) in [7, 11) is 0. The lowest BCUT2D eigenvalue weighted by molar-refractivity contribution is -0.0522. The monoisotopic (exact) mass is 498 g/mol. The number of pyridine rings is 2. The van der Waals surface area contributed by atoms with Gasteiger partial charge in [-0.2, -0.15) is 0 Å². The maximum atomic E-state index is 12.5. The molecule has 1 amide bonds. The van der Waals surface area contributed by atoms with Gasteiger partial charge in [0.1, 0.15) is 12.1 Å². The molecule has 188 valence electrons. The van der Waals surface area contributed by atoms with E-state index in [-0.39, 0.29) is 12.2 Å². The molecule has 5 rings (SSSR count). The van der Waals surface area contributed by atoms with E-state index in [4.69, 9.17) is 9.82 Å². The summed E-state index contributed by atoms with van der Waals surface area (Å²) in [6, 6.07) is 18.2. The highest BCUT2D eigenvalue weighted by molar-refractivity contribution is 5.95. The molecule has 0 fully saturated rings. The Kier molecular flexibility index (Phi) is 6.28. The number of hydrogen-bond acceptors (Lipinski definition) is 7. The number of aromatic nitrogens is 5. The molecule has 0 aliphatic carbocycles. The van der Waals surface area contributed by atoms with Gasteiger partial charge < -0.3 is 10.1 Å². The van der Waals surface area contributed by atoms with Crippen molar-refractivity contribution in [1.82, 2.24) is 30.4 Å². The minimum atomic E-state index is -1.05. The number of hydrogen-bond donors (Lipinski definition) is 3. The van der Waals surface area contributed by atoms with Gasteiger partial charge in [-0.25, -0.2) is 15.1 Å². The summed E-state index contributed by atoms with van der Waals surface area (Å²) in [5.41, 5.74) is 6.78. The number of hydroxylamine groups is 1. The summed E-state index contributed by atoms with van der Waals surface area (Å²) in [5.74, 6) is -0.396. The Morgan fingerprint density at radius 3 is 2.76 bits per heavy atom. The zero-order chi connectivity index (χ0) is 26.2. The molecular weight excluding hydrogens is 472 g/mol. The molecule has 0 bridgehead atoms. The molecule has 5 aromatic rings. The Hall–Kier alpha value is -4.41. The summed E-state index contributed by atoms with van der Waals surface area (Å²) in [4.78, 5) is 37.2. The predicted molar refractivity (Wildman–Crippen MR) is 139 cm³/mol. The standard InChI is InChI=1S/C27H26N6O4/c1-16-13-18(7-9-20(16)26(35)31-37-15-27(2,3)36)21-10-11-22-25(28-21)33(32-30-22)14-19-6-4-5-17-8-12-23(34)29-24(17)19/h4-13,36H,14-15H2,1-3H3,(H,29,34)(H,31,35). The molecule has 0 spiro atoms. The molecule has 3 aromatic heterocycles. The SMILES string of the molecule is Cc1cc(-c2ccc3nnn(Cc4cccc5ccc(=O)[nH]c45)c3n2)ccc1C(=O)NOCC(C)(C)O. The topological polar surface area (TPSA) is 135 Å². The van der Waals surface area contributed by atoms with Crippen LogP contribution in [0.5, 0.6) is 0 Å². The molecule has 10 nitrogen and oxygen atoms in total. The number of benzene rings is 2. The number of nitrogens with one attached hydrogen (secondary N) is 2. The Morgan fingerprint density at radius 2 is 1.97 bits per heavy atom. The van der Waals surface area contributed by atoms with Crippen LogP contribution in [0.4, 0.5) is 0 Å². The van der Waals surface area contributed by atoms with Crippen LogP contribution in [0.3, 0.4) is 0 Å². The molecule has 3 heterocycles. The normalized spacial score (nSPS) is 11.8. The number of aliphatic hydroxyl groups is 1. The van der Waals surface area contributed by atoms with Gasteiger partial charge in [-0.3, -0.25) is 14.4 Å². The van der Waals surface area contributed by atoms with Crippen LogP contribution in [-0.4, -0.2) is 48.2 Å². The number of carbonyl (C=O) groups is 1. The lowest BCUT2D eigenvalue weighted by Crippen LogP contribution is -2.33. The van der Waals surface area contributed by atoms with Crippen LogP contribution in [0.25, 0.3) is 33.3 Å². The number of amides is 1. The van der Waals surface area contributed by atoms with Crippen molar-refractivity contribution in [1.29, 1.82) is 0 Å². The van der Waals surface area contributed by atoms with Crippen molar-refractivity contribution in [2.45, 2.75) is 32.9 Å². The van der Waals surface area contributed by atoms with E-state index in [1.165, 1.54) is 6.07 Å². The van der Waals surface area contributed by atoms with Crippen molar-refractivity contribution in [3.63, 3.8) is 0 Å². The molecule has 0 saturated carbocycles. The number of aryl methyl sites for hydroxylation is 1. The first-order valence-electron chi connectivity index (χ1n) is 11.7.